The fourth-order valence-electron chi connectivity index (χ4n) is 1.68. The van der Waals surface area contributed by atoms with Crippen molar-refractivity contribution in [3.63, 3.8) is 0 Å². The van der Waals surface area contributed by atoms with E-state index in [2.05, 4.69) is 22.0 Å². The molecule has 0 atom stereocenters. The number of aliphatic imine (C=N–C) groups is 1. The van der Waals surface area contributed by atoms with Crippen molar-refractivity contribution in [3.05, 3.63) is 60.9 Å². The number of para-hydroxylation sites is 1. The first-order chi connectivity index (χ1) is 9.31. The van der Waals surface area contributed by atoms with E-state index in [1.54, 1.807) is 12.3 Å². The van der Waals surface area contributed by atoms with Crippen molar-refractivity contribution in [1.82, 2.24) is 15.1 Å². The third kappa shape index (κ3) is 3.45. The summed E-state index contributed by atoms with van der Waals surface area (Å²) in [7, 11) is 0. The molecule has 0 aliphatic carbocycles. The normalized spacial score (nSPS) is 11.3. The maximum atomic E-state index is 5.75. The molecule has 19 heavy (non-hydrogen) atoms. The number of aromatic nitrogens is 2. The molecule has 0 radical (unpaired) electrons. The molecule has 2 aromatic rings. The average Bonchev–Trinajstić information content (AvgIpc) is 2.97. The van der Waals surface area contributed by atoms with Crippen molar-refractivity contribution in [3.8, 4) is 5.69 Å². The van der Waals surface area contributed by atoms with Crippen LogP contribution in [0.15, 0.2) is 60.4 Å². The van der Waals surface area contributed by atoms with Crippen LogP contribution in [-0.4, -0.2) is 22.3 Å². The summed E-state index contributed by atoms with van der Waals surface area (Å²) in [4.78, 5) is 4.30. The first kappa shape index (κ1) is 12.9. The van der Waals surface area contributed by atoms with Crippen molar-refractivity contribution in [2.45, 2.75) is 6.54 Å². The molecule has 1 heterocycles. The maximum Gasteiger partial charge on any atom is 0.189 e. The van der Waals surface area contributed by atoms with Gasteiger partial charge in [-0.25, -0.2) is 9.67 Å². The van der Waals surface area contributed by atoms with Gasteiger partial charge in [-0.2, -0.15) is 5.10 Å². The Hall–Kier alpha value is -2.56. The number of hydrogen-bond donors (Lipinski definition) is 2. The van der Waals surface area contributed by atoms with Gasteiger partial charge < -0.3 is 11.1 Å². The monoisotopic (exact) mass is 255 g/mol. The molecule has 0 saturated heterocycles. The predicted molar refractivity (Wildman–Crippen MR) is 77.1 cm³/mol. The summed E-state index contributed by atoms with van der Waals surface area (Å²) in [6, 6.07) is 9.86. The summed E-state index contributed by atoms with van der Waals surface area (Å²) < 4.78 is 1.82. The molecule has 1 aromatic heterocycles. The zero-order valence-corrected chi connectivity index (χ0v) is 10.7. The third-order valence-corrected chi connectivity index (χ3v) is 2.59. The molecule has 0 aliphatic heterocycles. The molecule has 98 valence electrons. The summed E-state index contributed by atoms with van der Waals surface area (Å²) in [5.74, 6) is 0.412. The number of nitrogens with two attached hydrogens (primary N) is 1. The molecule has 0 spiro atoms. The first-order valence-electron chi connectivity index (χ1n) is 6.04. The Balaban J connectivity index is 2.15. The largest absolute Gasteiger partial charge is 0.370 e. The van der Waals surface area contributed by atoms with Crippen LogP contribution in [0.4, 0.5) is 0 Å². The van der Waals surface area contributed by atoms with Crippen LogP contribution < -0.4 is 11.1 Å². The Labute approximate surface area is 112 Å². The Bertz CT molecular complexity index is 557. The lowest BCUT2D eigenvalue weighted by atomic mass is 10.2. The quantitative estimate of drug-likeness (QED) is 0.483. The van der Waals surface area contributed by atoms with Gasteiger partial charge >= 0.3 is 0 Å². The van der Waals surface area contributed by atoms with Gasteiger partial charge in [0.25, 0.3) is 0 Å². The highest BCUT2D eigenvalue weighted by Gasteiger charge is 2.03. The summed E-state index contributed by atoms with van der Waals surface area (Å²) in [6.45, 7) is 4.73. The smallest absolute Gasteiger partial charge is 0.189 e. The van der Waals surface area contributed by atoms with Gasteiger partial charge in [-0.3, -0.25) is 0 Å². The molecule has 2 rings (SSSR count). The van der Waals surface area contributed by atoms with Gasteiger partial charge in [0.15, 0.2) is 5.96 Å². The highest BCUT2D eigenvalue weighted by molar-refractivity contribution is 5.78. The van der Waals surface area contributed by atoms with Gasteiger partial charge in [-0.1, -0.05) is 24.3 Å². The summed E-state index contributed by atoms with van der Waals surface area (Å²) in [6.07, 6.45) is 5.39. The van der Waals surface area contributed by atoms with Crippen LogP contribution in [0, 0.1) is 0 Å². The third-order valence-electron chi connectivity index (χ3n) is 2.59. The SMILES string of the molecule is C=CCNC(N)=NCc1ccccc1-n1cccn1. The minimum Gasteiger partial charge on any atom is -0.370 e. The van der Waals surface area contributed by atoms with Gasteiger partial charge in [0.2, 0.25) is 0 Å². The number of nitrogens with zero attached hydrogens (tertiary/aromatic N) is 3. The summed E-state index contributed by atoms with van der Waals surface area (Å²) in [5.41, 5.74) is 7.82. The summed E-state index contributed by atoms with van der Waals surface area (Å²) >= 11 is 0. The maximum absolute atomic E-state index is 5.75. The number of rotatable bonds is 5. The van der Waals surface area contributed by atoms with E-state index in [9.17, 15) is 0 Å². The minimum absolute atomic E-state index is 0.412. The van der Waals surface area contributed by atoms with Gasteiger partial charge in [0.1, 0.15) is 0 Å². The number of nitrogens with one attached hydrogen (secondary N) is 1. The van der Waals surface area contributed by atoms with Crippen molar-refractivity contribution in [2.75, 3.05) is 6.54 Å². The minimum atomic E-state index is 0.412. The van der Waals surface area contributed by atoms with Gasteiger partial charge in [-0.15, -0.1) is 6.58 Å². The molecule has 0 fully saturated rings. The molecule has 0 aliphatic rings. The highest BCUT2D eigenvalue weighted by atomic mass is 15.3. The Kier molecular flexibility index (Phi) is 4.34. The number of hydrogen-bond acceptors (Lipinski definition) is 2. The number of guanidine groups is 1. The molecule has 0 saturated carbocycles. The van der Waals surface area contributed by atoms with E-state index in [1.807, 2.05) is 41.2 Å². The lowest BCUT2D eigenvalue weighted by molar-refractivity contribution is 0.856. The van der Waals surface area contributed by atoms with Crippen LogP contribution in [-0.2, 0) is 6.54 Å². The molecule has 5 nitrogen and oxygen atoms in total. The van der Waals surface area contributed by atoms with Crippen LogP contribution in [0.25, 0.3) is 5.69 Å². The van der Waals surface area contributed by atoms with Gasteiger partial charge in [0, 0.05) is 18.9 Å². The van der Waals surface area contributed by atoms with Crippen LogP contribution in [0.1, 0.15) is 5.56 Å². The Morgan fingerprint density at radius 1 is 1.42 bits per heavy atom. The van der Waals surface area contributed by atoms with E-state index in [-0.39, 0.29) is 0 Å². The van der Waals surface area contributed by atoms with Crippen LogP contribution in [0.2, 0.25) is 0 Å². The van der Waals surface area contributed by atoms with E-state index in [0.29, 0.717) is 19.0 Å². The zero-order chi connectivity index (χ0) is 13.5. The number of benzene rings is 1. The average molecular weight is 255 g/mol. The fraction of sp³-hybridized carbons (Fsp3) is 0.143. The topological polar surface area (TPSA) is 68.2 Å². The molecular weight excluding hydrogens is 238 g/mol. The second-order valence-electron chi connectivity index (χ2n) is 3.95. The first-order valence-corrected chi connectivity index (χ1v) is 6.04. The van der Waals surface area contributed by atoms with E-state index < -0.39 is 0 Å². The van der Waals surface area contributed by atoms with Crippen molar-refractivity contribution >= 4 is 5.96 Å². The van der Waals surface area contributed by atoms with Crippen LogP contribution >= 0.6 is 0 Å². The highest BCUT2D eigenvalue weighted by Crippen LogP contribution is 2.14. The molecule has 0 bridgehead atoms. The van der Waals surface area contributed by atoms with E-state index in [0.717, 1.165) is 11.3 Å². The zero-order valence-electron chi connectivity index (χ0n) is 10.7. The van der Waals surface area contributed by atoms with Crippen molar-refractivity contribution < 1.29 is 0 Å². The molecular formula is C14H17N5. The van der Waals surface area contributed by atoms with E-state index in [1.165, 1.54) is 0 Å². The molecule has 5 heteroatoms. The van der Waals surface area contributed by atoms with Crippen molar-refractivity contribution in [2.24, 2.45) is 10.7 Å². The van der Waals surface area contributed by atoms with Gasteiger partial charge in [-0.05, 0) is 17.7 Å². The standard InChI is InChI=1S/C14H17N5/c1-2-8-16-14(15)17-11-12-6-3-4-7-13(12)19-10-5-9-18-19/h2-7,9-10H,1,8,11H2,(H3,15,16,17). The van der Waals surface area contributed by atoms with E-state index >= 15 is 0 Å². The molecule has 0 amide bonds. The predicted octanol–water partition coefficient (Wildman–Crippen LogP) is 1.46. The molecule has 3 N–H and O–H groups in total. The lowest BCUT2D eigenvalue weighted by Crippen LogP contribution is -2.31. The Morgan fingerprint density at radius 3 is 3.00 bits per heavy atom. The fourth-order valence-corrected chi connectivity index (χ4v) is 1.68. The van der Waals surface area contributed by atoms with Crippen molar-refractivity contribution in [1.29, 1.82) is 0 Å². The van der Waals surface area contributed by atoms with Crippen LogP contribution in [0.5, 0.6) is 0 Å². The van der Waals surface area contributed by atoms with Gasteiger partial charge in [0.05, 0.1) is 12.2 Å². The lowest BCUT2D eigenvalue weighted by Gasteiger charge is -2.08. The second-order valence-corrected chi connectivity index (χ2v) is 3.95. The second kappa shape index (κ2) is 6.39. The van der Waals surface area contributed by atoms with E-state index in [4.69, 9.17) is 5.73 Å². The Morgan fingerprint density at radius 2 is 2.26 bits per heavy atom. The summed E-state index contributed by atoms with van der Waals surface area (Å²) in [5, 5.41) is 7.18. The molecule has 1 aromatic carbocycles. The molecule has 0 unspecified atom stereocenters. The van der Waals surface area contributed by atoms with Crippen LogP contribution in [0.3, 0.4) is 0 Å².